The van der Waals surface area contributed by atoms with Crippen LogP contribution in [0.25, 0.3) is 0 Å². The Hall–Kier alpha value is -1.75. The fourth-order valence-corrected chi connectivity index (χ4v) is 2.25. The zero-order chi connectivity index (χ0) is 13.0. The standard InChI is InChI=1S/C13H14N2O2S/c1-17-12(16)11-8-14-13(18-2)15(11)9-10-6-4-3-5-7-10/h3-8H,9H2,1-2H3. The van der Waals surface area contributed by atoms with Crippen molar-refractivity contribution in [3.05, 3.63) is 47.8 Å². The average Bonchev–Trinajstić information content (AvgIpc) is 2.82. The summed E-state index contributed by atoms with van der Waals surface area (Å²) in [5.74, 6) is -0.362. The maximum absolute atomic E-state index is 11.7. The summed E-state index contributed by atoms with van der Waals surface area (Å²) in [6.07, 6.45) is 3.49. The molecule has 0 saturated heterocycles. The van der Waals surface area contributed by atoms with Crippen LogP contribution < -0.4 is 0 Å². The SMILES string of the molecule is COC(=O)c1cnc(SC)n1Cc1ccccc1. The third kappa shape index (κ3) is 2.56. The van der Waals surface area contributed by atoms with Gasteiger partial charge in [-0.15, -0.1) is 0 Å². The lowest BCUT2D eigenvalue weighted by Gasteiger charge is -2.09. The van der Waals surface area contributed by atoms with Crippen LogP contribution in [0.3, 0.4) is 0 Å². The molecule has 0 radical (unpaired) electrons. The van der Waals surface area contributed by atoms with Crippen molar-refractivity contribution in [1.82, 2.24) is 9.55 Å². The number of methoxy groups -OCH3 is 1. The minimum absolute atomic E-state index is 0.362. The molecule has 0 unspecified atom stereocenters. The number of ether oxygens (including phenoxy) is 1. The maximum Gasteiger partial charge on any atom is 0.356 e. The average molecular weight is 262 g/mol. The Morgan fingerprint density at radius 3 is 2.72 bits per heavy atom. The lowest BCUT2D eigenvalue weighted by molar-refractivity contribution is 0.0588. The van der Waals surface area contributed by atoms with Crippen molar-refractivity contribution < 1.29 is 9.53 Å². The third-order valence-corrected chi connectivity index (χ3v) is 3.27. The molecule has 2 rings (SSSR count). The van der Waals surface area contributed by atoms with Crippen molar-refractivity contribution in [3.63, 3.8) is 0 Å². The third-order valence-electron chi connectivity index (χ3n) is 2.58. The van der Waals surface area contributed by atoms with Crippen LogP contribution >= 0.6 is 11.8 Å². The van der Waals surface area contributed by atoms with E-state index in [0.29, 0.717) is 12.2 Å². The second-order valence-electron chi connectivity index (χ2n) is 3.69. The minimum Gasteiger partial charge on any atom is -0.464 e. The molecule has 1 aromatic heterocycles. The number of carbonyl (C=O) groups is 1. The Kier molecular flexibility index (Phi) is 4.04. The summed E-state index contributed by atoms with van der Waals surface area (Å²) in [4.78, 5) is 15.9. The molecular weight excluding hydrogens is 248 g/mol. The van der Waals surface area contributed by atoms with Crippen LogP contribution in [0.5, 0.6) is 0 Å². The van der Waals surface area contributed by atoms with E-state index >= 15 is 0 Å². The van der Waals surface area contributed by atoms with E-state index in [-0.39, 0.29) is 5.97 Å². The second-order valence-corrected chi connectivity index (χ2v) is 4.47. The molecule has 94 valence electrons. The number of hydrogen-bond donors (Lipinski definition) is 0. The number of nitrogens with zero attached hydrogens (tertiary/aromatic N) is 2. The van der Waals surface area contributed by atoms with Gasteiger partial charge in [0.25, 0.3) is 0 Å². The Bertz CT molecular complexity index is 537. The zero-order valence-corrected chi connectivity index (χ0v) is 11.1. The van der Waals surface area contributed by atoms with E-state index in [0.717, 1.165) is 10.7 Å². The van der Waals surface area contributed by atoms with Crippen molar-refractivity contribution in [3.8, 4) is 0 Å². The van der Waals surface area contributed by atoms with E-state index in [1.54, 1.807) is 6.20 Å². The van der Waals surface area contributed by atoms with E-state index < -0.39 is 0 Å². The number of hydrogen-bond acceptors (Lipinski definition) is 4. The quantitative estimate of drug-likeness (QED) is 0.627. The number of rotatable bonds is 4. The number of aromatic nitrogens is 2. The van der Waals surface area contributed by atoms with E-state index in [1.807, 2.05) is 41.2 Å². The monoisotopic (exact) mass is 262 g/mol. The first-order chi connectivity index (χ1) is 8.76. The number of esters is 1. The molecule has 0 fully saturated rings. The molecule has 0 saturated carbocycles. The van der Waals surface area contributed by atoms with Gasteiger partial charge in [-0.05, 0) is 11.8 Å². The molecule has 0 atom stereocenters. The lowest BCUT2D eigenvalue weighted by atomic mass is 10.2. The molecule has 0 spiro atoms. The lowest BCUT2D eigenvalue weighted by Crippen LogP contribution is -2.12. The summed E-state index contributed by atoms with van der Waals surface area (Å²) in [7, 11) is 1.38. The van der Waals surface area contributed by atoms with Crippen molar-refractivity contribution in [2.45, 2.75) is 11.7 Å². The largest absolute Gasteiger partial charge is 0.464 e. The summed E-state index contributed by atoms with van der Waals surface area (Å²) >= 11 is 1.51. The highest BCUT2D eigenvalue weighted by molar-refractivity contribution is 7.98. The molecule has 0 aliphatic heterocycles. The van der Waals surface area contributed by atoms with Gasteiger partial charge < -0.3 is 9.30 Å². The second kappa shape index (κ2) is 5.73. The number of benzene rings is 1. The summed E-state index contributed by atoms with van der Waals surface area (Å²) in [5, 5.41) is 0.805. The first kappa shape index (κ1) is 12.7. The van der Waals surface area contributed by atoms with Crippen molar-refractivity contribution in [2.24, 2.45) is 0 Å². The van der Waals surface area contributed by atoms with Crippen molar-refractivity contribution >= 4 is 17.7 Å². The van der Waals surface area contributed by atoms with Crippen LogP contribution in [0, 0.1) is 0 Å². The molecule has 0 amide bonds. The van der Waals surface area contributed by atoms with Gasteiger partial charge in [0, 0.05) is 0 Å². The minimum atomic E-state index is -0.362. The molecule has 5 heteroatoms. The molecule has 1 aromatic carbocycles. The molecule has 2 aromatic rings. The predicted molar refractivity (Wildman–Crippen MR) is 70.9 cm³/mol. The van der Waals surface area contributed by atoms with Crippen LogP contribution in [0.2, 0.25) is 0 Å². The van der Waals surface area contributed by atoms with Gasteiger partial charge in [0.15, 0.2) is 5.16 Å². The first-order valence-electron chi connectivity index (χ1n) is 5.48. The van der Waals surface area contributed by atoms with Crippen LogP contribution in [0.15, 0.2) is 41.7 Å². The summed E-state index contributed by atoms with van der Waals surface area (Å²) in [6.45, 7) is 0.613. The van der Waals surface area contributed by atoms with Gasteiger partial charge in [-0.1, -0.05) is 42.1 Å². The van der Waals surface area contributed by atoms with Gasteiger partial charge in [0.2, 0.25) is 0 Å². The van der Waals surface area contributed by atoms with Gasteiger partial charge in [0.1, 0.15) is 5.69 Å². The summed E-state index contributed by atoms with van der Waals surface area (Å²) in [5.41, 5.74) is 1.60. The summed E-state index contributed by atoms with van der Waals surface area (Å²) in [6, 6.07) is 9.95. The van der Waals surface area contributed by atoms with Gasteiger partial charge in [-0.25, -0.2) is 9.78 Å². The normalized spacial score (nSPS) is 10.3. The van der Waals surface area contributed by atoms with Crippen LogP contribution in [0.1, 0.15) is 16.1 Å². The van der Waals surface area contributed by atoms with E-state index in [1.165, 1.54) is 18.9 Å². The van der Waals surface area contributed by atoms with Crippen molar-refractivity contribution in [1.29, 1.82) is 0 Å². The van der Waals surface area contributed by atoms with E-state index in [2.05, 4.69) is 4.98 Å². The Morgan fingerprint density at radius 2 is 2.11 bits per heavy atom. The maximum atomic E-state index is 11.7. The molecular formula is C13H14N2O2S. The van der Waals surface area contributed by atoms with Gasteiger partial charge in [-0.3, -0.25) is 0 Å². The molecule has 0 aliphatic carbocycles. The zero-order valence-electron chi connectivity index (χ0n) is 10.3. The van der Waals surface area contributed by atoms with Crippen LogP contribution in [-0.2, 0) is 11.3 Å². The topological polar surface area (TPSA) is 44.1 Å². The smallest absolute Gasteiger partial charge is 0.356 e. The fourth-order valence-electron chi connectivity index (χ4n) is 1.71. The highest BCUT2D eigenvalue weighted by Crippen LogP contribution is 2.18. The fraction of sp³-hybridized carbons (Fsp3) is 0.231. The molecule has 0 aliphatic rings. The predicted octanol–water partition coefficient (Wildman–Crippen LogP) is 2.44. The summed E-state index contributed by atoms with van der Waals surface area (Å²) < 4.78 is 6.63. The van der Waals surface area contributed by atoms with Crippen LogP contribution in [-0.4, -0.2) is 28.9 Å². The van der Waals surface area contributed by atoms with Gasteiger partial charge >= 0.3 is 5.97 Å². The van der Waals surface area contributed by atoms with Gasteiger partial charge in [-0.2, -0.15) is 0 Å². The highest BCUT2D eigenvalue weighted by atomic mass is 32.2. The number of thioether (sulfide) groups is 1. The van der Waals surface area contributed by atoms with E-state index in [4.69, 9.17) is 4.74 Å². The molecule has 0 N–H and O–H groups in total. The molecule has 4 nitrogen and oxygen atoms in total. The first-order valence-corrected chi connectivity index (χ1v) is 6.70. The number of carbonyl (C=O) groups excluding carboxylic acids is 1. The number of imidazole rings is 1. The molecule has 0 bridgehead atoms. The Balaban J connectivity index is 2.36. The highest BCUT2D eigenvalue weighted by Gasteiger charge is 2.16. The molecule has 1 heterocycles. The van der Waals surface area contributed by atoms with Gasteiger partial charge in [0.05, 0.1) is 19.9 Å². The Morgan fingerprint density at radius 1 is 1.39 bits per heavy atom. The Labute approximate surface area is 110 Å². The van der Waals surface area contributed by atoms with Crippen molar-refractivity contribution in [2.75, 3.05) is 13.4 Å². The van der Waals surface area contributed by atoms with E-state index in [9.17, 15) is 4.79 Å². The van der Waals surface area contributed by atoms with Crippen LogP contribution in [0.4, 0.5) is 0 Å². The molecule has 18 heavy (non-hydrogen) atoms.